The van der Waals surface area contributed by atoms with Crippen LogP contribution in [0.4, 0.5) is 0 Å². The molecule has 2 N–H and O–H groups in total. The molecule has 170 valence electrons. The minimum absolute atomic E-state index is 0.754. The predicted molar refractivity (Wildman–Crippen MR) is 121 cm³/mol. The van der Waals surface area contributed by atoms with E-state index in [0.717, 1.165) is 37.3 Å². The average Bonchev–Trinajstić information content (AvgIpc) is 3.31. The highest BCUT2D eigenvalue weighted by Gasteiger charge is 2.27. The molecule has 2 atom stereocenters. The van der Waals surface area contributed by atoms with Gasteiger partial charge in [0.25, 0.3) is 0 Å². The number of nitrogens with zero attached hydrogens (tertiary/aromatic N) is 4. The van der Waals surface area contributed by atoms with E-state index in [1.165, 1.54) is 51.4 Å². The first-order chi connectivity index (χ1) is 14.2. The van der Waals surface area contributed by atoms with E-state index in [1.807, 2.05) is 49.5 Å². The fourth-order valence-electron chi connectivity index (χ4n) is 4.35. The molecule has 0 spiro atoms. The number of aliphatic hydroxyl groups is 2. The van der Waals surface area contributed by atoms with Crippen LogP contribution in [-0.2, 0) is 25.3 Å². The third-order valence-electron chi connectivity index (χ3n) is 6.18. The zero-order valence-electron chi connectivity index (χ0n) is 19.5. The summed E-state index contributed by atoms with van der Waals surface area (Å²) in [7, 11) is 3.86. The number of imidazole rings is 2. The summed E-state index contributed by atoms with van der Waals surface area (Å²) in [4.78, 5) is 8.56. The normalized spacial score (nSPS) is 15.8. The number of rotatable bonds is 15. The Morgan fingerprint density at radius 3 is 1.20 bits per heavy atom. The zero-order chi connectivity index (χ0) is 22.0. The van der Waals surface area contributed by atoms with E-state index in [1.54, 1.807) is 12.4 Å². The van der Waals surface area contributed by atoms with Gasteiger partial charge in [-0.05, 0) is 26.7 Å². The Labute approximate surface area is 182 Å². The Morgan fingerprint density at radius 2 is 0.933 bits per heavy atom. The quantitative estimate of drug-likeness (QED) is 0.401. The Hall–Kier alpha value is -1.66. The fraction of sp³-hybridized carbons (Fsp3) is 0.750. The molecule has 0 radical (unpaired) electrons. The third-order valence-corrected chi connectivity index (χ3v) is 6.18. The van der Waals surface area contributed by atoms with Crippen LogP contribution in [0.1, 0.15) is 103 Å². The first-order valence-corrected chi connectivity index (χ1v) is 11.6. The van der Waals surface area contributed by atoms with Crippen LogP contribution in [0.2, 0.25) is 0 Å². The van der Waals surface area contributed by atoms with Crippen molar-refractivity contribution in [3.63, 3.8) is 0 Å². The molecule has 6 heteroatoms. The number of aryl methyl sites for hydroxylation is 2. The van der Waals surface area contributed by atoms with Gasteiger partial charge in [0.05, 0.1) is 0 Å². The van der Waals surface area contributed by atoms with Crippen molar-refractivity contribution in [1.82, 2.24) is 19.1 Å². The summed E-state index contributed by atoms with van der Waals surface area (Å²) in [6, 6.07) is 0. The second kappa shape index (κ2) is 11.7. The largest absolute Gasteiger partial charge is 0.382 e. The average molecular weight is 419 g/mol. The summed E-state index contributed by atoms with van der Waals surface area (Å²) in [6.45, 7) is 3.73. The number of aromatic nitrogens is 4. The molecule has 0 aliphatic carbocycles. The summed E-state index contributed by atoms with van der Waals surface area (Å²) < 4.78 is 3.80. The minimum atomic E-state index is -0.834. The molecule has 0 aliphatic heterocycles. The molecule has 0 fully saturated rings. The van der Waals surface area contributed by atoms with Crippen molar-refractivity contribution in [2.24, 2.45) is 14.1 Å². The SMILES string of the molecule is Cn1ccnc1C(C)(O)CCCCCCCCCCCCC(C)(O)c1nccn1C. The fourth-order valence-corrected chi connectivity index (χ4v) is 4.35. The van der Waals surface area contributed by atoms with Crippen molar-refractivity contribution in [2.45, 2.75) is 102 Å². The van der Waals surface area contributed by atoms with E-state index in [-0.39, 0.29) is 0 Å². The molecule has 2 heterocycles. The molecular weight excluding hydrogens is 376 g/mol. The van der Waals surface area contributed by atoms with Crippen molar-refractivity contribution < 1.29 is 10.2 Å². The number of hydrogen-bond donors (Lipinski definition) is 2. The first-order valence-electron chi connectivity index (χ1n) is 11.6. The molecule has 0 aliphatic rings. The molecule has 2 unspecified atom stereocenters. The standard InChI is InChI=1S/C24H42N4O2/c1-23(29,21-25-17-19-27(21)3)15-13-11-9-7-5-6-8-10-12-14-16-24(2,30)22-26-18-20-28(22)4/h17-20,29-30H,5-16H2,1-4H3. The lowest BCUT2D eigenvalue weighted by Crippen LogP contribution is -2.25. The molecule has 0 saturated carbocycles. The minimum Gasteiger partial charge on any atom is -0.382 e. The van der Waals surface area contributed by atoms with Gasteiger partial charge < -0.3 is 19.3 Å². The summed E-state index contributed by atoms with van der Waals surface area (Å²) in [5, 5.41) is 21.2. The predicted octanol–water partition coefficient (Wildman–Crippen LogP) is 4.95. The first kappa shape index (κ1) is 24.6. The van der Waals surface area contributed by atoms with Crippen molar-refractivity contribution >= 4 is 0 Å². The number of hydrogen-bond acceptors (Lipinski definition) is 4. The molecule has 0 amide bonds. The monoisotopic (exact) mass is 418 g/mol. The highest BCUT2D eigenvalue weighted by atomic mass is 16.3. The summed E-state index contributed by atoms with van der Waals surface area (Å²) in [5.41, 5.74) is -1.67. The lowest BCUT2D eigenvalue weighted by Gasteiger charge is -2.22. The molecule has 2 aromatic heterocycles. The summed E-state index contributed by atoms with van der Waals surface area (Å²) in [5.74, 6) is 1.51. The van der Waals surface area contributed by atoms with Gasteiger partial charge in [0, 0.05) is 38.9 Å². The van der Waals surface area contributed by atoms with Crippen molar-refractivity contribution in [2.75, 3.05) is 0 Å². The van der Waals surface area contributed by atoms with Crippen LogP contribution in [0.25, 0.3) is 0 Å². The smallest absolute Gasteiger partial charge is 0.140 e. The maximum absolute atomic E-state index is 10.6. The second-order valence-electron chi connectivity index (χ2n) is 9.31. The van der Waals surface area contributed by atoms with E-state index < -0.39 is 11.2 Å². The second-order valence-corrected chi connectivity index (χ2v) is 9.31. The topological polar surface area (TPSA) is 76.1 Å². The summed E-state index contributed by atoms with van der Waals surface area (Å²) >= 11 is 0. The van der Waals surface area contributed by atoms with Gasteiger partial charge in [-0.15, -0.1) is 0 Å². The number of unbranched alkanes of at least 4 members (excludes halogenated alkanes) is 9. The van der Waals surface area contributed by atoms with Crippen molar-refractivity contribution in [1.29, 1.82) is 0 Å². The van der Waals surface area contributed by atoms with Crippen LogP contribution in [-0.4, -0.2) is 29.3 Å². The molecule has 0 bridgehead atoms. The lowest BCUT2D eigenvalue weighted by atomic mass is 9.96. The van der Waals surface area contributed by atoms with Gasteiger partial charge >= 0.3 is 0 Å². The van der Waals surface area contributed by atoms with Gasteiger partial charge in [-0.2, -0.15) is 0 Å². The van der Waals surface area contributed by atoms with Crippen LogP contribution < -0.4 is 0 Å². The van der Waals surface area contributed by atoms with E-state index in [2.05, 4.69) is 9.97 Å². The van der Waals surface area contributed by atoms with Crippen LogP contribution in [0.15, 0.2) is 24.8 Å². The Kier molecular flexibility index (Phi) is 9.56. The molecule has 0 saturated heterocycles. The highest BCUT2D eigenvalue weighted by Crippen LogP contribution is 2.26. The van der Waals surface area contributed by atoms with Gasteiger partial charge in [-0.3, -0.25) is 0 Å². The van der Waals surface area contributed by atoms with E-state index in [4.69, 9.17) is 0 Å². The molecule has 6 nitrogen and oxygen atoms in total. The Balaban J connectivity index is 1.43. The van der Waals surface area contributed by atoms with Crippen LogP contribution in [0.5, 0.6) is 0 Å². The molecule has 0 aromatic carbocycles. The summed E-state index contributed by atoms with van der Waals surface area (Å²) in [6.07, 6.45) is 20.8. The Bertz CT molecular complexity index is 671. The third kappa shape index (κ3) is 7.55. The molecule has 2 rings (SSSR count). The van der Waals surface area contributed by atoms with E-state index in [0.29, 0.717) is 0 Å². The maximum Gasteiger partial charge on any atom is 0.140 e. The van der Waals surface area contributed by atoms with E-state index in [9.17, 15) is 10.2 Å². The van der Waals surface area contributed by atoms with E-state index >= 15 is 0 Å². The van der Waals surface area contributed by atoms with Crippen LogP contribution in [0, 0.1) is 0 Å². The van der Waals surface area contributed by atoms with Gasteiger partial charge in [-0.25, -0.2) is 9.97 Å². The molecule has 30 heavy (non-hydrogen) atoms. The van der Waals surface area contributed by atoms with Crippen molar-refractivity contribution in [3.8, 4) is 0 Å². The Morgan fingerprint density at radius 1 is 0.633 bits per heavy atom. The van der Waals surface area contributed by atoms with Gasteiger partial charge in [-0.1, -0.05) is 64.2 Å². The van der Waals surface area contributed by atoms with Gasteiger partial charge in [0.2, 0.25) is 0 Å². The van der Waals surface area contributed by atoms with Crippen LogP contribution in [0.3, 0.4) is 0 Å². The van der Waals surface area contributed by atoms with Gasteiger partial charge in [0.1, 0.15) is 22.9 Å². The molecule has 2 aromatic rings. The van der Waals surface area contributed by atoms with Crippen LogP contribution >= 0.6 is 0 Å². The lowest BCUT2D eigenvalue weighted by molar-refractivity contribution is 0.0325. The van der Waals surface area contributed by atoms with Gasteiger partial charge in [0.15, 0.2) is 0 Å². The maximum atomic E-state index is 10.6. The molecular formula is C24H42N4O2. The highest BCUT2D eigenvalue weighted by molar-refractivity contribution is 5.03. The van der Waals surface area contributed by atoms with Crippen molar-refractivity contribution in [3.05, 3.63) is 36.4 Å². The zero-order valence-corrected chi connectivity index (χ0v) is 19.5.